The standard InChI is InChI=1S/C10H9Br2N3OS/c1-15(3-7-2-6(11)4-17-7)9-8(12)10(16)14-5-13-9/h2,4-5H,3H2,1H3,(H,13,14,16). The molecule has 0 amide bonds. The molecular weight excluding hydrogens is 370 g/mol. The Morgan fingerprint density at radius 2 is 2.29 bits per heavy atom. The van der Waals surface area contributed by atoms with Crippen LogP contribution in [0, 0.1) is 0 Å². The molecule has 0 saturated heterocycles. The van der Waals surface area contributed by atoms with Gasteiger partial charge in [0.05, 0.1) is 12.9 Å². The molecular formula is C10H9Br2N3OS. The Bertz CT molecular complexity index is 581. The van der Waals surface area contributed by atoms with Crippen LogP contribution in [0.25, 0.3) is 0 Å². The Kier molecular flexibility index (Phi) is 4.01. The van der Waals surface area contributed by atoms with Crippen molar-refractivity contribution in [1.29, 1.82) is 0 Å². The summed E-state index contributed by atoms with van der Waals surface area (Å²) < 4.78 is 1.53. The van der Waals surface area contributed by atoms with Crippen molar-refractivity contribution in [2.75, 3.05) is 11.9 Å². The van der Waals surface area contributed by atoms with Gasteiger partial charge < -0.3 is 9.88 Å². The molecule has 0 aliphatic rings. The second-order valence-electron chi connectivity index (χ2n) is 3.46. The molecule has 2 aromatic heterocycles. The van der Waals surface area contributed by atoms with Crippen LogP contribution in [0.4, 0.5) is 5.82 Å². The quantitative estimate of drug-likeness (QED) is 0.893. The number of hydrogen-bond donors (Lipinski definition) is 1. The van der Waals surface area contributed by atoms with Crippen LogP contribution in [0.5, 0.6) is 0 Å². The van der Waals surface area contributed by atoms with Crippen LogP contribution in [0.2, 0.25) is 0 Å². The van der Waals surface area contributed by atoms with Crippen molar-refractivity contribution in [1.82, 2.24) is 9.97 Å². The van der Waals surface area contributed by atoms with Crippen LogP contribution in [-0.4, -0.2) is 17.0 Å². The number of anilines is 1. The first-order chi connectivity index (χ1) is 8.08. The fourth-order valence-corrected chi connectivity index (χ4v) is 3.41. The fraction of sp³-hybridized carbons (Fsp3) is 0.200. The summed E-state index contributed by atoms with van der Waals surface area (Å²) in [6, 6.07) is 2.06. The van der Waals surface area contributed by atoms with E-state index in [0.29, 0.717) is 16.8 Å². The van der Waals surface area contributed by atoms with E-state index in [1.54, 1.807) is 11.3 Å². The number of thiophene rings is 1. The molecule has 0 fully saturated rings. The molecule has 90 valence electrons. The zero-order valence-electron chi connectivity index (χ0n) is 8.91. The molecule has 2 heterocycles. The Labute approximate surface area is 119 Å². The highest BCUT2D eigenvalue weighted by molar-refractivity contribution is 9.10. The van der Waals surface area contributed by atoms with Gasteiger partial charge in [0.15, 0.2) is 0 Å². The first-order valence-electron chi connectivity index (χ1n) is 4.75. The van der Waals surface area contributed by atoms with Crippen molar-refractivity contribution in [2.24, 2.45) is 0 Å². The second kappa shape index (κ2) is 5.32. The third kappa shape index (κ3) is 2.97. The van der Waals surface area contributed by atoms with Crippen LogP contribution in [0.15, 0.2) is 31.5 Å². The number of nitrogens with one attached hydrogen (secondary N) is 1. The van der Waals surface area contributed by atoms with Gasteiger partial charge in [-0.2, -0.15) is 0 Å². The molecule has 0 radical (unpaired) electrons. The third-order valence-corrected chi connectivity index (χ3v) is 4.55. The van der Waals surface area contributed by atoms with Gasteiger partial charge in [0.2, 0.25) is 0 Å². The summed E-state index contributed by atoms with van der Waals surface area (Å²) in [6.45, 7) is 0.714. The van der Waals surface area contributed by atoms with Crippen molar-refractivity contribution in [3.8, 4) is 0 Å². The van der Waals surface area contributed by atoms with Gasteiger partial charge >= 0.3 is 0 Å². The van der Waals surface area contributed by atoms with Crippen molar-refractivity contribution in [3.63, 3.8) is 0 Å². The molecule has 4 nitrogen and oxygen atoms in total. The second-order valence-corrected chi connectivity index (χ2v) is 6.16. The lowest BCUT2D eigenvalue weighted by Crippen LogP contribution is -2.21. The smallest absolute Gasteiger partial charge is 0.267 e. The number of rotatable bonds is 3. The lowest BCUT2D eigenvalue weighted by Gasteiger charge is -2.17. The summed E-state index contributed by atoms with van der Waals surface area (Å²) in [7, 11) is 1.90. The number of hydrogen-bond acceptors (Lipinski definition) is 4. The molecule has 0 aliphatic heterocycles. The van der Waals surface area contributed by atoms with E-state index >= 15 is 0 Å². The summed E-state index contributed by atoms with van der Waals surface area (Å²) in [5, 5.41) is 2.03. The number of nitrogens with zero attached hydrogens (tertiary/aromatic N) is 2. The summed E-state index contributed by atoms with van der Waals surface area (Å²) >= 11 is 8.33. The van der Waals surface area contributed by atoms with Gasteiger partial charge in [-0.3, -0.25) is 4.79 Å². The van der Waals surface area contributed by atoms with Gasteiger partial charge in [-0.05, 0) is 37.9 Å². The fourth-order valence-electron chi connectivity index (χ4n) is 1.39. The SMILES string of the molecule is CN(Cc1cc(Br)cs1)c1nc[nH]c(=O)c1Br. The average Bonchev–Trinajstić information content (AvgIpc) is 2.68. The van der Waals surface area contributed by atoms with Crippen LogP contribution < -0.4 is 10.5 Å². The van der Waals surface area contributed by atoms with E-state index in [0.717, 1.165) is 4.47 Å². The molecule has 0 atom stereocenters. The first kappa shape index (κ1) is 12.8. The zero-order chi connectivity index (χ0) is 12.4. The molecule has 0 saturated carbocycles. The molecule has 0 unspecified atom stereocenters. The van der Waals surface area contributed by atoms with Crippen LogP contribution in [0.3, 0.4) is 0 Å². The van der Waals surface area contributed by atoms with Gasteiger partial charge in [-0.1, -0.05) is 0 Å². The summed E-state index contributed by atoms with van der Waals surface area (Å²) in [5.41, 5.74) is -0.172. The average molecular weight is 379 g/mol. The Hall–Kier alpha value is -0.660. The number of halogens is 2. The minimum absolute atomic E-state index is 0.172. The predicted molar refractivity (Wildman–Crippen MR) is 76.7 cm³/mol. The maximum absolute atomic E-state index is 11.4. The predicted octanol–water partition coefficient (Wildman–Crippen LogP) is 2.99. The Morgan fingerprint density at radius 3 is 2.94 bits per heavy atom. The van der Waals surface area contributed by atoms with Gasteiger partial charge in [-0.15, -0.1) is 11.3 Å². The molecule has 7 heteroatoms. The summed E-state index contributed by atoms with van der Waals surface area (Å²) in [4.78, 5) is 21.2. The van der Waals surface area contributed by atoms with E-state index in [-0.39, 0.29) is 5.56 Å². The van der Waals surface area contributed by atoms with Crippen molar-refractivity contribution in [3.05, 3.63) is 42.0 Å². The van der Waals surface area contributed by atoms with Crippen LogP contribution in [-0.2, 0) is 6.54 Å². The lowest BCUT2D eigenvalue weighted by atomic mass is 10.4. The molecule has 2 aromatic rings. The summed E-state index contributed by atoms with van der Waals surface area (Å²) in [6.07, 6.45) is 1.41. The molecule has 1 N–H and O–H groups in total. The van der Waals surface area contributed by atoms with E-state index in [2.05, 4.69) is 47.9 Å². The highest BCUT2D eigenvalue weighted by Gasteiger charge is 2.11. The molecule has 0 aliphatic carbocycles. The number of aromatic amines is 1. The number of aromatic nitrogens is 2. The van der Waals surface area contributed by atoms with E-state index in [4.69, 9.17) is 0 Å². The minimum Gasteiger partial charge on any atom is -0.353 e. The molecule has 0 aromatic carbocycles. The van der Waals surface area contributed by atoms with Crippen molar-refractivity contribution >= 4 is 49.0 Å². The molecule has 0 bridgehead atoms. The molecule has 2 rings (SSSR count). The topological polar surface area (TPSA) is 49.0 Å². The lowest BCUT2D eigenvalue weighted by molar-refractivity contribution is 0.892. The van der Waals surface area contributed by atoms with Gasteiger partial charge in [0.1, 0.15) is 10.3 Å². The highest BCUT2D eigenvalue weighted by Crippen LogP contribution is 2.24. The largest absolute Gasteiger partial charge is 0.353 e. The van der Waals surface area contributed by atoms with E-state index in [9.17, 15) is 4.79 Å². The molecule has 17 heavy (non-hydrogen) atoms. The van der Waals surface area contributed by atoms with Gasteiger partial charge in [0.25, 0.3) is 5.56 Å². The van der Waals surface area contributed by atoms with E-state index in [1.165, 1.54) is 11.2 Å². The van der Waals surface area contributed by atoms with Crippen molar-refractivity contribution in [2.45, 2.75) is 6.54 Å². The Morgan fingerprint density at radius 1 is 1.53 bits per heavy atom. The number of H-pyrrole nitrogens is 1. The first-order valence-corrected chi connectivity index (χ1v) is 7.21. The van der Waals surface area contributed by atoms with E-state index < -0.39 is 0 Å². The van der Waals surface area contributed by atoms with Crippen LogP contribution in [0.1, 0.15) is 4.88 Å². The van der Waals surface area contributed by atoms with Gasteiger partial charge in [-0.25, -0.2) is 4.98 Å². The van der Waals surface area contributed by atoms with Crippen LogP contribution >= 0.6 is 43.2 Å². The highest BCUT2D eigenvalue weighted by atomic mass is 79.9. The maximum Gasteiger partial charge on any atom is 0.267 e. The van der Waals surface area contributed by atoms with E-state index in [1.807, 2.05) is 17.3 Å². The third-order valence-electron chi connectivity index (χ3n) is 2.15. The minimum atomic E-state index is -0.172. The van der Waals surface area contributed by atoms with Gasteiger partial charge in [0, 0.05) is 21.8 Å². The normalized spacial score (nSPS) is 10.5. The zero-order valence-corrected chi connectivity index (χ0v) is 12.9. The summed E-state index contributed by atoms with van der Waals surface area (Å²) in [5.74, 6) is 0.637. The molecule has 0 spiro atoms. The van der Waals surface area contributed by atoms with Crippen molar-refractivity contribution < 1.29 is 0 Å². The monoisotopic (exact) mass is 377 g/mol. The Balaban J connectivity index is 2.23. The maximum atomic E-state index is 11.4.